The van der Waals surface area contributed by atoms with Crippen LogP contribution in [0.25, 0.3) is 0 Å². The van der Waals surface area contributed by atoms with Gasteiger partial charge in [-0.3, -0.25) is 0 Å². The number of rotatable bonds is 7. The molecular formula is C14H18F2N2O3S. The van der Waals surface area contributed by atoms with Gasteiger partial charge in [-0.25, -0.2) is 17.2 Å². The second-order valence-electron chi connectivity index (χ2n) is 5.25. The first kappa shape index (κ1) is 18.3. The van der Waals surface area contributed by atoms with Crippen LogP contribution in [0, 0.1) is 17.2 Å². The Hall–Kier alpha value is -1.72. The first-order chi connectivity index (χ1) is 10.1. The number of hydrogen-bond acceptors (Lipinski definition) is 4. The molecular weight excluding hydrogens is 314 g/mol. The van der Waals surface area contributed by atoms with E-state index in [2.05, 4.69) is 4.72 Å². The van der Waals surface area contributed by atoms with Crippen LogP contribution in [0.5, 0.6) is 5.75 Å². The Kier molecular flexibility index (Phi) is 5.85. The van der Waals surface area contributed by atoms with Crippen molar-refractivity contribution in [1.82, 2.24) is 4.72 Å². The normalized spacial score (nSPS) is 14.6. The van der Waals surface area contributed by atoms with Crippen molar-refractivity contribution in [2.45, 2.75) is 37.6 Å². The molecule has 0 saturated heterocycles. The highest BCUT2D eigenvalue weighted by molar-refractivity contribution is 7.89. The van der Waals surface area contributed by atoms with Gasteiger partial charge in [0.25, 0.3) is 6.43 Å². The van der Waals surface area contributed by atoms with Gasteiger partial charge in [0.15, 0.2) is 0 Å². The lowest BCUT2D eigenvalue weighted by Crippen LogP contribution is -2.48. The Morgan fingerprint density at radius 2 is 1.86 bits per heavy atom. The molecule has 1 atom stereocenters. The second-order valence-corrected chi connectivity index (χ2v) is 6.93. The van der Waals surface area contributed by atoms with Gasteiger partial charge in [-0.15, -0.1) is 0 Å². The van der Waals surface area contributed by atoms with Gasteiger partial charge < -0.3 is 4.74 Å². The molecule has 0 heterocycles. The van der Waals surface area contributed by atoms with E-state index in [0.29, 0.717) is 0 Å². The zero-order chi connectivity index (χ0) is 17.0. The molecule has 1 aromatic rings. The molecule has 1 N–H and O–H groups in total. The smallest absolute Gasteiger partial charge is 0.272 e. The highest BCUT2D eigenvalue weighted by Gasteiger charge is 2.33. The van der Waals surface area contributed by atoms with Gasteiger partial charge in [0.05, 0.1) is 11.0 Å². The topological polar surface area (TPSA) is 79.2 Å². The lowest BCUT2D eigenvalue weighted by Gasteiger charge is -2.26. The van der Waals surface area contributed by atoms with E-state index in [0.717, 1.165) is 0 Å². The van der Waals surface area contributed by atoms with E-state index < -0.39 is 28.6 Å². The Balaban J connectivity index is 2.93. The van der Waals surface area contributed by atoms with E-state index in [9.17, 15) is 17.2 Å². The number of halogens is 2. The number of sulfonamides is 1. The van der Waals surface area contributed by atoms with E-state index in [1.54, 1.807) is 13.8 Å². The number of nitriles is 1. The molecule has 0 aliphatic rings. The molecule has 0 aliphatic heterocycles. The summed E-state index contributed by atoms with van der Waals surface area (Å²) in [7, 11) is -3.90. The van der Waals surface area contributed by atoms with Crippen molar-refractivity contribution in [3.8, 4) is 11.8 Å². The molecule has 0 bridgehead atoms. The van der Waals surface area contributed by atoms with Crippen LogP contribution in [-0.2, 0) is 10.0 Å². The van der Waals surface area contributed by atoms with E-state index in [-0.39, 0.29) is 16.6 Å². The largest absolute Gasteiger partial charge is 0.488 e. The van der Waals surface area contributed by atoms with E-state index in [4.69, 9.17) is 10.00 Å². The van der Waals surface area contributed by atoms with Crippen LogP contribution in [0.15, 0.2) is 29.2 Å². The number of nitrogens with one attached hydrogen (secondary N) is 1. The highest BCUT2D eigenvalue weighted by atomic mass is 32.2. The average Bonchev–Trinajstić information content (AvgIpc) is 2.44. The van der Waals surface area contributed by atoms with Crippen LogP contribution < -0.4 is 9.46 Å². The van der Waals surface area contributed by atoms with Crippen molar-refractivity contribution < 1.29 is 21.9 Å². The first-order valence-corrected chi connectivity index (χ1v) is 8.05. The molecule has 1 aromatic carbocycles. The summed E-state index contributed by atoms with van der Waals surface area (Å²) in [5.41, 5.74) is -1.25. The minimum Gasteiger partial charge on any atom is -0.488 e. The number of ether oxygens (including phenoxy) is 1. The van der Waals surface area contributed by atoms with Crippen LogP contribution in [0.4, 0.5) is 8.78 Å². The predicted octanol–water partition coefficient (Wildman–Crippen LogP) is 2.55. The summed E-state index contributed by atoms with van der Waals surface area (Å²) in [6.07, 6.45) is -2.60. The fourth-order valence-corrected chi connectivity index (χ4v) is 2.93. The average molecular weight is 332 g/mol. The van der Waals surface area contributed by atoms with E-state index in [1.807, 2.05) is 6.07 Å². The molecule has 0 saturated carbocycles. The molecule has 5 nitrogen and oxygen atoms in total. The maximum Gasteiger partial charge on any atom is 0.272 e. The van der Waals surface area contributed by atoms with Crippen molar-refractivity contribution in [2.24, 2.45) is 5.92 Å². The van der Waals surface area contributed by atoms with Crippen molar-refractivity contribution in [1.29, 1.82) is 5.26 Å². The van der Waals surface area contributed by atoms with Gasteiger partial charge >= 0.3 is 0 Å². The molecule has 0 aliphatic carbocycles. The Bertz CT molecular complexity index is 639. The van der Waals surface area contributed by atoms with Crippen LogP contribution >= 0.6 is 0 Å². The molecule has 0 spiro atoms. The van der Waals surface area contributed by atoms with E-state index >= 15 is 0 Å². The Labute approximate surface area is 128 Å². The first-order valence-electron chi connectivity index (χ1n) is 6.57. The van der Waals surface area contributed by atoms with Gasteiger partial charge in [0.2, 0.25) is 10.0 Å². The van der Waals surface area contributed by atoms with Gasteiger partial charge in [-0.1, -0.05) is 13.8 Å². The van der Waals surface area contributed by atoms with Crippen molar-refractivity contribution in [3.05, 3.63) is 24.3 Å². The SMILES string of the molecule is CC(C)[C@](C)(C#N)NS(=O)(=O)c1ccc(OCC(F)F)cc1. The number of alkyl halides is 2. The lowest BCUT2D eigenvalue weighted by molar-refractivity contribution is 0.0819. The fraction of sp³-hybridized carbons (Fsp3) is 0.500. The number of nitrogens with zero attached hydrogens (tertiary/aromatic N) is 1. The predicted molar refractivity (Wildman–Crippen MR) is 77.1 cm³/mol. The van der Waals surface area contributed by atoms with Gasteiger partial charge in [-0.05, 0) is 37.1 Å². The molecule has 1 rings (SSSR count). The lowest BCUT2D eigenvalue weighted by atomic mass is 9.92. The minimum absolute atomic E-state index is 0.0704. The summed E-state index contributed by atoms with van der Waals surface area (Å²) in [5, 5.41) is 9.16. The Morgan fingerprint density at radius 1 is 1.32 bits per heavy atom. The van der Waals surface area contributed by atoms with Crippen molar-refractivity contribution >= 4 is 10.0 Å². The quantitative estimate of drug-likeness (QED) is 0.832. The summed E-state index contributed by atoms with van der Waals surface area (Å²) in [6.45, 7) is 4.19. The number of benzene rings is 1. The van der Waals surface area contributed by atoms with Crippen LogP contribution in [0.3, 0.4) is 0 Å². The zero-order valence-corrected chi connectivity index (χ0v) is 13.3. The summed E-state index contributed by atoms with van der Waals surface area (Å²) < 4.78 is 55.7. The van der Waals surface area contributed by atoms with Gasteiger partial charge in [-0.2, -0.15) is 9.98 Å². The maximum atomic E-state index is 12.3. The van der Waals surface area contributed by atoms with Crippen LogP contribution in [0.1, 0.15) is 20.8 Å². The Morgan fingerprint density at radius 3 is 2.27 bits per heavy atom. The molecule has 22 heavy (non-hydrogen) atoms. The molecule has 122 valence electrons. The van der Waals surface area contributed by atoms with Crippen molar-refractivity contribution in [2.75, 3.05) is 6.61 Å². The number of hydrogen-bond donors (Lipinski definition) is 1. The summed E-state index contributed by atoms with van der Waals surface area (Å²) >= 11 is 0. The van der Waals surface area contributed by atoms with Crippen molar-refractivity contribution in [3.63, 3.8) is 0 Å². The van der Waals surface area contributed by atoms with E-state index in [1.165, 1.54) is 31.2 Å². The molecule has 8 heteroatoms. The summed E-state index contributed by atoms with van der Waals surface area (Å²) in [6, 6.07) is 7.00. The summed E-state index contributed by atoms with van der Waals surface area (Å²) in [4.78, 5) is -0.0704. The van der Waals surface area contributed by atoms with Gasteiger partial charge in [0.1, 0.15) is 17.9 Å². The monoisotopic (exact) mass is 332 g/mol. The van der Waals surface area contributed by atoms with Crippen LogP contribution in [-0.4, -0.2) is 27.0 Å². The summed E-state index contributed by atoms with van der Waals surface area (Å²) in [5.74, 6) is -0.0907. The minimum atomic E-state index is -3.90. The standard InChI is InChI=1S/C14H18F2N2O3S/c1-10(2)14(3,9-17)18-22(19,20)12-6-4-11(5-7-12)21-8-13(15)16/h4-7,10,13,18H,8H2,1-3H3/t14-/m0/s1. The van der Waals surface area contributed by atoms with Crippen LogP contribution in [0.2, 0.25) is 0 Å². The fourth-order valence-electron chi connectivity index (χ4n) is 1.48. The molecule has 0 amide bonds. The molecule has 0 unspecified atom stereocenters. The third kappa shape index (κ3) is 4.64. The molecule has 0 aromatic heterocycles. The third-order valence-corrected chi connectivity index (χ3v) is 4.83. The highest BCUT2D eigenvalue weighted by Crippen LogP contribution is 2.21. The molecule has 0 radical (unpaired) electrons. The second kappa shape index (κ2) is 7.03. The molecule has 0 fully saturated rings. The maximum absolute atomic E-state index is 12.3. The van der Waals surface area contributed by atoms with Gasteiger partial charge in [0, 0.05) is 0 Å². The third-order valence-electron chi connectivity index (χ3n) is 3.24. The zero-order valence-electron chi connectivity index (χ0n) is 12.5.